The molecule has 2 aromatic carbocycles. The first-order valence-electron chi connectivity index (χ1n) is 14.6. The average molecular weight is 657 g/mol. The van der Waals surface area contributed by atoms with Crippen LogP contribution in [-0.2, 0) is 46.4 Å². The first-order valence-corrected chi connectivity index (χ1v) is 14.6. The molecule has 0 radical (unpaired) electrons. The summed E-state index contributed by atoms with van der Waals surface area (Å²) in [4.78, 5) is 86.7. The number of aliphatic carboxylic acids is 1. The zero-order chi connectivity index (χ0) is 35.3. The number of hydrogen-bond acceptors (Lipinski definition) is 9. The molecule has 0 fully saturated rings. The lowest BCUT2D eigenvalue weighted by molar-refractivity contribution is -0.138. The highest BCUT2D eigenvalue weighted by Gasteiger charge is 2.29. The Morgan fingerprint density at radius 2 is 0.915 bits per heavy atom. The monoisotopic (exact) mass is 656 g/mol. The van der Waals surface area contributed by atoms with Crippen molar-refractivity contribution in [3.63, 3.8) is 0 Å². The third kappa shape index (κ3) is 13.1. The molecule has 0 saturated heterocycles. The van der Waals surface area contributed by atoms with E-state index in [-0.39, 0.29) is 24.3 Å². The standard InChI is InChI=1S/C31H40N6O10/c1-16(27(43)32-15-26(41)42)34-31(47)25(14-21-7-11-23(40)12-8-21)37-29(45)18(3)33-28(44)17(2)35-30(46)24(36-19(4)38)13-20-5-9-22(39)10-6-20/h5-12,16-18,24-25,39-40H,13-15H2,1-4H3,(H,32,43)(H,33,44)(H,34,47)(H,35,46)(H,36,38)(H,37,45)(H,41,42)/t16-,17-,18-,24-,25-/m0/s1. The van der Waals surface area contributed by atoms with Crippen LogP contribution in [0.3, 0.4) is 0 Å². The van der Waals surface area contributed by atoms with E-state index in [2.05, 4.69) is 31.9 Å². The fourth-order valence-corrected chi connectivity index (χ4v) is 4.17. The van der Waals surface area contributed by atoms with E-state index in [0.717, 1.165) is 0 Å². The van der Waals surface area contributed by atoms with Crippen molar-refractivity contribution in [1.29, 1.82) is 0 Å². The van der Waals surface area contributed by atoms with Crippen molar-refractivity contribution in [1.82, 2.24) is 31.9 Å². The molecule has 5 atom stereocenters. The number of carbonyl (C=O) groups is 7. The average Bonchev–Trinajstić information content (AvgIpc) is 3.00. The Morgan fingerprint density at radius 1 is 0.553 bits per heavy atom. The summed E-state index contributed by atoms with van der Waals surface area (Å²) in [6.07, 6.45) is 0.00315. The Balaban J connectivity index is 2.06. The number of amides is 6. The van der Waals surface area contributed by atoms with Crippen LogP contribution in [0.15, 0.2) is 48.5 Å². The van der Waals surface area contributed by atoms with Gasteiger partial charge in [0.05, 0.1) is 0 Å². The second-order valence-corrected chi connectivity index (χ2v) is 10.9. The minimum absolute atomic E-state index is 0.0243. The van der Waals surface area contributed by atoms with Crippen LogP contribution in [0.2, 0.25) is 0 Å². The Bertz CT molecular complexity index is 1450. The van der Waals surface area contributed by atoms with Crippen molar-refractivity contribution >= 4 is 41.4 Å². The van der Waals surface area contributed by atoms with Gasteiger partial charge in [-0.1, -0.05) is 24.3 Å². The van der Waals surface area contributed by atoms with Gasteiger partial charge in [0.2, 0.25) is 35.4 Å². The minimum atomic E-state index is -1.28. The van der Waals surface area contributed by atoms with Gasteiger partial charge in [0.15, 0.2) is 0 Å². The van der Waals surface area contributed by atoms with E-state index in [9.17, 15) is 43.8 Å². The molecule has 0 aliphatic rings. The normalized spacial score (nSPS) is 13.8. The first kappa shape index (κ1) is 37.5. The molecule has 0 aliphatic heterocycles. The van der Waals surface area contributed by atoms with Crippen molar-refractivity contribution in [3.8, 4) is 11.5 Å². The molecule has 2 rings (SSSR count). The molecule has 0 saturated carbocycles. The highest BCUT2D eigenvalue weighted by atomic mass is 16.4. The summed E-state index contributed by atoms with van der Waals surface area (Å²) in [5.41, 5.74) is 1.18. The summed E-state index contributed by atoms with van der Waals surface area (Å²) < 4.78 is 0. The molecule has 0 bridgehead atoms. The summed E-state index contributed by atoms with van der Waals surface area (Å²) in [6.45, 7) is 4.63. The minimum Gasteiger partial charge on any atom is -0.508 e. The zero-order valence-corrected chi connectivity index (χ0v) is 26.3. The predicted octanol–water partition coefficient (Wildman–Crippen LogP) is -1.41. The van der Waals surface area contributed by atoms with Crippen molar-refractivity contribution in [2.75, 3.05) is 6.54 Å². The molecular weight excluding hydrogens is 616 g/mol. The summed E-state index contributed by atoms with van der Waals surface area (Å²) in [6, 6.07) is 6.05. The highest BCUT2D eigenvalue weighted by Crippen LogP contribution is 2.13. The number of nitrogens with one attached hydrogen (secondary N) is 6. The third-order valence-electron chi connectivity index (χ3n) is 6.75. The Morgan fingerprint density at radius 3 is 1.32 bits per heavy atom. The van der Waals surface area contributed by atoms with Crippen molar-refractivity contribution in [2.45, 2.75) is 70.7 Å². The smallest absolute Gasteiger partial charge is 0.322 e. The number of carboxylic acids is 1. The zero-order valence-electron chi connectivity index (χ0n) is 26.3. The first-order chi connectivity index (χ1) is 22.0. The summed E-state index contributed by atoms with van der Waals surface area (Å²) in [5.74, 6) is -5.48. The van der Waals surface area contributed by atoms with E-state index in [1.165, 1.54) is 64.1 Å². The number of phenols is 2. The number of carboxylic acid groups (broad SMARTS) is 1. The maximum Gasteiger partial charge on any atom is 0.322 e. The van der Waals surface area contributed by atoms with Crippen molar-refractivity contribution < 1.29 is 48.9 Å². The quantitative estimate of drug-likeness (QED) is 0.102. The van der Waals surface area contributed by atoms with Crippen molar-refractivity contribution in [2.24, 2.45) is 0 Å². The van der Waals surface area contributed by atoms with Crippen LogP contribution in [0, 0.1) is 0 Å². The van der Waals surface area contributed by atoms with Crippen LogP contribution < -0.4 is 31.9 Å². The number of phenolic OH excluding ortho intramolecular Hbond substituents is 2. The number of rotatable bonds is 16. The summed E-state index contributed by atoms with van der Waals surface area (Å²) in [7, 11) is 0. The molecule has 2 aromatic rings. The van der Waals surface area contributed by atoms with E-state index < -0.39 is 78.2 Å². The molecule has 0 aliphatic carbocycles. The van der Waals surface area contributed by atoms with E-state index in [1.807, 2.05) is 0 Å². The van der Waals surface area contributed by atoms with E-state index in [0.29, 0.717) is 11.1 Å². The molecule has 0 unspecified atom stereocenters. The maximum atomic E-state index is 13.1. The Hall–Kier alpha value is -5.67. The molecule has 0 heterocycles. The fraction of sp³-hybridized carbons (Fsp3) is 0.387. The Labute approximate surface area is 270 Å². The van der Waals surface area contributed by atoms with Crippen LogP contribution in [0.5, 0.6) is 11.5 Å². The number of aromatic hydroxyl groups is 2. The van der Waals surface area contributed by atoms with Crippen LogP contribution in [0.1, 0.15) is 38.8 Å². The fourth-order valence-electron chi connectivity index (χ4n) is 4.17. The van der Waals surface area contributed by atoms with Crippen LogP contribution in [-0.4, -0.2) is 93.5 Å². The second kappa shape index (κ2) is 17.7. The SMILES string of the molecule is CC(=O)N[C@@H](Cc1ccc(O)cc1)C(=O)N[C@@H](C)C(=O)N[C@@H](C)C(=O)N[C@@H](Cc1ccc(O)cc1)C(=O)N[C@@H](C)C(=O)NCC(=O)O. The van der Waals surface area contributed by atoms with Crippen LogP contribution >= 0.6 is 0 Å². The lowest BCUT2D eigenvalue weighted by Gasteiger charge is -2.24. The topological polar surface area (TPSA) is 252 Å². The molecule has 254 valence electrons. The predicted molar refractivity (Wildman–Crippen MR) is 167 cm³/mol. The highest BCUT2D eigenvalue weighted by molar-refractivity contribution is 5.96. The van der Waals surface area contributed by atoms with Gasteiger partial charge in [-0.2, -0.15) is 0 Å². The molecule has 6 amide bonds. The van der Waals surface area contributed by atoms with Gasteiger partial charge in [0.1, 0.15) is 48.3 Å². The molecule has 0 spiro atoms. The van der Waals surface area contributed by atoms with E-state index in [4.69, 9.17) is 5.11 Å². The maximum absolute atomic E-state index is 13.1. The third-order valence-corrected chi connectivity index (χ3v) is 6.75. The van der Waals surface area contributed by atoms with Gasteiger partial charge < -0.3 is 47.2 Å². The lowest BCUT2D eigenvalue weighted by atomic mass is 10.0. The summed E-state index contributed by atoms with van der Waals surface area (Å²) in [5, 5.41) is 42.4. The van der Waals surface area contributed by atoms with Gasteiger partial charge in [-0.15, -0.1) is 0 Å². The van der Waals surface area contributed by atoms with Gasteiger partial charge in [-0.3, -0.25) is 33.6 Å². The molecule has 9 N–H and O–H groups in total. The number of benzene rings is 2. The van der Waals surface area contributed by atoms with Gasteiger partial charge in [-0.05, 0) is 56.2 Å². The summed E-state index contributed by atoms with van der Waals surface area (Å²) >= 11 is 0. The van der Waals surface area contributed by atoms with Crippen molar-refractivity contribution in [3.05, 3.63) is 59.7 Å². The van der Waals surface area contributed by atoms with E-state index >= 15 is 0 Å². The van der Waals surface area contributed by atoms with E-state index in [1.54, 1.807) is 12.1 Å². The van der Waals surface area contributed by atoms with Crippen LogP contribution in [0.4, 0.5) is 0 Å². The van der Waals surface area contributed by atoms with Gasteiger partial charge in [0.25, 0.3) is 0 Å². The molecule has 47 heavy (non-hydrogen) atoms. The van der Waals surface area contributed by atoms with Crippen LogP contribution in [0.25, 0.3) is 0 Å². The molecule has 0 aromatic heterocycles. The van der Waals surface area contributed by atoms with Gasteiger partial charge in [-0.25, -0.2) is 0 Å². The molecule has 16 heteroatoms. The Kier molecular flexibility index (Phi) is 14.1. The molecular formula is C31H40N6O10. The molecule has 16 nitrogen and oxygen atoms in total. The second-order valence-electron chi connectivity index (χ2n) is 10.9. The number of hydrogen-bond donors (Lipinski definition) is 9. The van der Waals surface area contributed by atoms with Gasteiger partial charge >= 0.3 is 5.97 Å². The number of carbonyl (C=O) groups excluding carboxylic acids is 6. The lowest BCUT2D eigenvalue weighted by Crippen LogP contribution is -2.58. The van der Waals surface area contributed by atoms with Gasteiger partial charge in [0, 0.05) is 19.8 Å². The largest absolute Gasteiger partial charge is 0.508 e.